The lowest BCUT2D eigenvalue weighted by Crippen LogP contribution is -2.45. The predicted molar refractivity (Wildman–Crippen MR) is 79.3 cm³/mol. The summed E-state index contributed by atoms with van der Waals surface area (Å²) in [7, 11) is 0. The number of nitrogens with one attached hydrogen (secondary N) is 2. The van der Waals surface area contributed by atoms with Crippen molar-refractivity contribution in [1.29, 1.82) is 0 Å². The number of nitrogens with zero attached hydrogens (tertiary/aromatic N) is 2. The molecule has 114 valence electrons. The van der Waals surface area contributed by atoms with Gasteiger partial charge in [-0.1, -0.05) is 0 Å². The standard InChI is InChI=1S/C14H20N4O3/c1-4-15-12-11(7-10(8-16-12)18(20)21)13(19)17-14(2,3)9-5-6-9/h7-9H,4-6H2,1-3H3,(H,15,16)(H,17,19). The van der Waals surface area contributed by atoms with Gasteiger partial charge in [0.15, 0.2) is 0 Å². The summed E-state index contributed by atoms with van der Waals surface area (Å²) in [6.45, 7) is 6.40. The number of hydrogen-bond acceptors (Lipinski definition) is 5. The van der Waals surface area contributed by atoms with E-state index in [0.29, 0.717) is 18.3 Å². The summed E-state index contributed by atoms with van der Waals surface area (Å²) in [5, 5.41) is 16.8. The number of rotatable bonds is 6. The number of hydrogen-bond donors (Lipinski definition) is 2. The molecule has 2 rings (SSSR count). The van der Waals surface area contributed by atoms with Gasteiger partial charge in [0.05, 0.1) is 10.5 Å². The maximum atomic E-state index is 12.4. The van der Waals surface area contributed by atoms with Crippen LogP contribution in [0.25, 0.3) is 0 Å². The number of amides is 1. The molecule has 1 heterocycles. The molecule has 1 fully saturated rings. The van der Waals surface area contributed by atoms with Crippen LogP contribution in [0.15, 0.2) is 12.3 Å². The SMILES string of the molecule is CCNc1ncc([N+](=O)[O-])cc1C(=O)NC(C)(C)C1CC1. The van der Waals surface area contributed by atoms with E-state index >= 15 is 0 Å². The second-order valence-electron chi connectivity index (χ2n) is 5.83. The van der Waals surface area contributed by atoms with E-state index in [-0.39, 0.29) is 22.7 Å². The van der Waals surface area contributed by atoms with Gasteiger partial charge in [-0.05, 0) is 39.5 Å². The number of nitro groups is 1. The Labute approximate surface area is 123 Å². The third kappa shape index (κ3) is 3.48. The fourth-order valence-electron chi connectivity index (χ4n) is 2.30. The molecular weight excluding hydrogens is 272 g/mol. The second-order valence-corrected chi connectivity index (χ2v) is 5.83. The van der Waals surface area contributed by atoms with Gasteiger partial charge < -0.3 is 10.6 Å². The largest absolute Gasteiger partial charge is 0.370 e. The van der Waals surface area contributed by atoms with Crippen LogP contribution >= 0.6 is 0 Å². The van der Waals surface area contributed by atoms with E-state index in [4.69, 9.17) is 0 Å². The number of pyridine rings is 1. The van der Waals surface area contributed by atoms with Crippen LogP contribution < -0.4 is 10.6 Å². The van der Waals surface area contributed by atoms with Gasteiger partial charge in [0.25, 0.3) is 11.6 Å². The minimum atomic E-state index is -0.550. The summed E-state index contributed by atoms with van der Waals surface area (Å²) in [4.78, 5) is 26.7. The van der Waals surface area contributed by atoms with E-state index < -0.39 is 4.92 Å². The Bertz CT molecular complexity index is 567. The molecular formula is C14H20N4O3. The summed E-state index contributed by atoms with van der Waals surface area (Å²) in [5.41, 5.74) is -0.295. The number of carbonyl (C=O) groups is 1. The van der Waals surface area contributed by atoms with Crippen molar-refractivity contribution in [1.82, 2.24) is 10.3 Å². The molecule has 2 N–H and O–H groups in total. The highest BCUT2D eigenvalue weighted by Gasteiger charge is 2.39. The quantitative estimate of drug-likeness (QED) is 0.619. The molecule has 1 aliphatic rings. The Morgan fingerprint density at radius 3 is 2.71 bits per heavy atom. The van der Waals surface area contributed by atoms with Crippen molar-refractivity contribution in [2.24, 2.45) is 5.92 Å². The van der Waals surface area contributed by atoms with Gasteiger partial charge in [0, 0.05) is 18.2 Å². The smallest absolute Gasteiger partial charge is 0.288 e. The van der Waals surface area contributed by atoms with Crippen molar-refractivity contribution < 1.29 is 9.72 Å². The number of anilines is 1. The number of carbonyl (C=O) groups excluding carboxylic acids is 1. The predicted octanol–water partition coefficient (Wildman–Crippen LogP) is 2.34. The molecule has 0 unspecified atom stereocenters. The minimum Gasteiger partial charge on any atom is -0.370 e. The highest BCUT2D eigenvalue weighted by Crippen LogP contribution is 2.39. The average molecular weight is 292 g/mol. The maximum absolute atomic E-state index is 12.4. The van der Waals surface area contributed by atoms with Gasteiger partial charge in [0.1, 0.15) is 12.0 Å². The lowest BCUT2D eigenvalue weighted by atomic mass is 9.98. The zero-order chi connectivity index (χ0) is 15.6. The Morgan fingerprint density at radius 2 is 2.19 bits per heavy atom. The van der Waals surface area contributed by atoms with Gasteiger partial charge in [-0.2, -0.15) is 0 Å². The summed E-state index contributed by atoms with van der Waals surface area (Å²) >= 11 is 0. The molecule has 1 amide bonds. The summed E-state index contributed by atoms with van der Waals surface area (Å²) in [6, 6.07) is 1.27. The van der Waals surface area contributed by atoms with Crippen molar-refractivity contribution in [3.63, 3.8) is 0 Å². The topological polar surface area (TPSA) is 97.2 Å². The first-order chi connectivity index (χ1) is 9.85. The molecule has 0 bridgehead atoms. The van der Waals surface area contributed by atoms with Gasteiger partial charge >= 0.3 is 0 Å². The highest BCUT2D eigenvalue weighted by atomic mass is 16.6. The maximum Gasteiger partial charge on any atom is 0.288 e. The summed E-state index contributed by atoms with van der Waals surface area (Å²) in [5.74, 6) is 0.502. The molecule has 0 aliphatic heterocycles. The van der Waals surface area contributed by atoms with E-state index in [2.05, 4.69) is 15.6 Å². The Morgan fingerprint density at radius 1 is 1.52 bits per heavy atom. The van der Waals surface area contributed by atoms with Gasteiger partial charge in [-0.25, -0.2) is 4.98 Å². The summed E-state index contributed by atoms with van der Waals surface area (Å²) < 4.78 is 0. The second kappa shape index (κ2) is 5.67. The van der Waals surface area contributed by atoms with E-state index in [0.717, 1.165) is 19.0 Å². The molecule has 7 heteroatoms. The summed E-state index contributed by atoms with van der Waals surface area (Å²) in [6.07, 6.45) is 3.35. The van der Waals surface area contributed by atoms with Crippen LogP contribution in [0.4, 0.5) is 11.5 Å². The van der Waals surface area contributed by atoms with Crippen LogP contribution in [0, 0.1) is 16.0 Å². The minimum absolute atomic E-state index is 0.189. The van der Waals surface area contributed by atoms with E-state index in [1.165, 1.54) is 6.07 Å². The molecule has 7 nitrogen and oxygen atoms in total. The molecule has 1 saturated carbocycles. The fourth-order valence-corrected chi connectivity index (χ4v) is 2.30. The zero-order valence-electron chi connectivity index (χ0n) is 12.5. The van der Waals surface area contributed by atoms with Gasteiger partial charge in [0.2, 0.25) is 0 Å². The molecule has 0 atom stereocenters. The first-order valence-corrected chi connectivity index (χ1v) is 7.06. The normalized spacial score (nSPS) is 14.6. The highest BCUT2D eigenvalue weighted by molar-refractivity contribution is 5.99. The monoisotopic (exact) mass is 292 g/mol. The van der Waals surface area contributed by atoms with Crippen LogP contribution in [-0.2, 0) is 0 Å². The van der Waals surface area contributed by atoms with Crippen LogP contribution in [-0.4, -0.2) is 27.9 Å². The molecule has 0 spiro atoms. The lowest BCUT2D eigenvalue weighted by Gasteiger charge is -2.26. The van der Waals surface area contributed by atoms with Crippen LogP contribution in [0.2, 0.25) is 0 Å². The molecule has 0 aromatic carbocycles. The first kappa shape index (κ1) is 15.2. The average Bonchev–Trinajstić information content (AvgIpc) is 3.23. The van der Waals surface area contributed by atoms with Crippen molar-refractivity contribution in [3.8, 4) is 0 Å². The van der Waals surface area contributed by atoms with Crippen LogP contribution in [0.1, 0.15) is 44.0 Å². The number of aromatic nitrogens is 1. The van der Waals surface area contributed by atoms with E-state index in [9.17, 15) is 14.9 Å². The fraction of sp³-hybridized carbons (Fsp3) is 0.571. The van der Waals surface area contributed by atoms with E-state index in [1.807, 2.05) is 20.8 Å². The zero-order valence-corrected chi connectivity index (χ0v) is 12.5. The van der Waals surface area contributed by atoms with Crippen LogP contribution in [0.5, 0.6) is 0 Å². The Hall–Kier alpha value is -2.18. The van der Waals surface area contributed by atoms with Gasteiger partial charge in [-0.15, -0.1) is 0 Å². The third-order valence-electron chi connectivity index (χ3n) is 3.71. The Balaban J connectivity index is 2.28. The Kier molecular flexibility index (Phi) is 4.11. The molecule has 1 aromatic heterocycles. The van der Waals surface area contributed by atoms with Crippen molar-refractivity contribution >= 4 is 17.4 Å². The molecule has 21 heavy (non-hydrogen) atoms. The van der Waals surface area contributed by atoms with Crippen molar-refractivity contribution in [2.75, 3.05) is 11.9 Å². The van der Waals surface area contributed by atoms with Crippen molar-refractivity contribution in [3.05, 3.63) is 27.9 Å². The van der Waals surface area contributed by atoms with Gasteiger partial charge in [-0.3, -0.25) is 14.9 Å². The molecule has 1 aromatic rings. The van der Waals surface area contributed by atoms with Crippen LogP contribution in [0.3, 0.4) is 0 Å². The third-order valence-corrected chi connectivity index (χ3v) is 3.71. The molecule has 1 aliphatic carbocycles. The van der Waals surface area contributed by atoms with E-state index in [1.54, 1.807) is 0 Å². The van der Waals surface area contributed by atoms with Crippen molar-refractivity contribution in [2.45, 2.75) is 39.2 Å². The first-order valence-electron chi connectivity index (χ1n) is 7.06. The molecule has 0 radical (unpaired) electrons. The lowest BCUT2D eigenvalue weighted by molar-refractivity contribution is -0.385. The molecule has 0 saturated heterocycles.